The number of nitrogens with zero attached hydrogens (tertiary/aromatic N) is 2. The Labute approximate surface area is 195 Å². The molecule has 29 heavy (non-hydrogen) atoms. The number of hydrogen-bond acceptors (Lipinski definition) is 3. The molecule has 0 unspecified atom stereocenters. The number of rotatable bonds is 9. The van der Waals surface area contributed by atoms with Gasteiger partial charge in [0.05, 0.1) is 6.54 Å². The molecule has 2 rings (SSSR count). The third kappa shape index (κ3) is 8.42. The first-order chi connectivity index (χ1) is 13.5. The van der Waals surface area contributed by atoms with E-state index in [0.29, 0.717) is 6.54 Å². The Morgan fingerprint density at radius 3 is 2.62 bits per heavy atom. The van der Waals surface area contributed by atoms with Crippen molar-refractivity contribution < 1.29 is 0 Å². The SMILES string of the molecule is CCNC(=NCc1ccc(C)cc1SC)NCCCCn1c(C)cccc1=O.I. The quantitative estimate of drug-likeness (QED) is 0.167. The third-order valence-corrected chi connectivity index (χ3v) is 5.38. The molecule has 7 heteroatoms. The number of halogens is 1. The molecule has 0 aliphatic carbocycles. The highest BCUT2D eigenvalue weighted by Gasteiger charge is 2.03. The van der Waals surface area contributed by atoms with Gasteiger partial charge in [0.25, 0.3) is 5.56 Å². The summed E-state index contributed by atoms with van der Waals surface area (Å²) in [5.41, 5.74) is 3.60. The van der Waals surface area contributed by atoms with Crippen molar-refractivity contribution in [2.45, 2.75) is 51.6 Å². The van der Waals surface area contributed by atoms with Crippen molar-refractivity contribution in [2.24, 2.45) is 4.99 Å². The number of benzene rings is 1. The molecule has 1 heterocycles. The fraction of sp³-hybridized carbons (Fsp3) is 0.455. The summed E-state index contributed by atoms with van der Waals surface area (Å²) in [5, 5.41) is 6.71. The molecule has 0 atom stereocenters. The van der Waals surface area contributed by atoms with Gasteiger partial charge < -0.3 is 15.2 Å². The number of unbranched alkanes of at least 4 members (excludes halogenated alkanes) is 1. The maximum absolute atomic E-state index is 11.9. The van der Waals surface area contributed by atoms with E-state index in [2.05, 4.69) is 48.9 Å². The van der Waals surface area contributed by atoms with Crippen LogP contribution in [0.2, 0.25) is 0 Å². The molecule has 1 aromatic carbocycles. The highest BCUT2D eigenvalue weighted by molar-refractivity contribution is 14.0. The van der Waals surface area contributed by atoms with Gasteiger partial charge in [0.1, 0.15) is 0 Å². The molecule has 0 saturated carbocycles. The van der Waals surface area contributed by atoms with Crippen LogP contribution in [0.5, 0.6) is 0 Å². The number of pyridine rings is 1. The Balaban J connectivity index is 0.00000420. The lowest BCUT2D eigenvalue weighted by molar-refractivity contribution is 0.575. The number of aliphatic imine (C=N–C) groups is 1. The van der Waals surface area contributed by atoms with E-state index in [0.717, 1.165) is 44.1 Å². The third-order valence-electron chi connectivity index (χ3n) is 4.56. The zero-order valence-electron chi connectivity index (χ0n) is 17.8. The standard InChI is InChI=1S/C22H32N4OS.HI/c1-5-23-22(25-16-19-12-11-17(2)15-20(19)28-4)24-13-6-7-14-26-18(3)9-8-10-21(26)27;/h8-12,15H,5-7,13-14,16H2,1-4H3,(H2,23,24,25);1H. The number of aryl methyl sites for hydroxylation is 2. The van der Waals surface area contributed by atoms with Crippen molar-refractivity contribution in [1.29, 1.82) is 0 Å². The molecule has 0 aliphatic heterocycles. The van der Waals surface area contributed by atoms with Gasteiger partial charge in [0.15, 0.2) is 5.96 Å². The lowest BCUT2D eigenvalue weighted by atomic mass is 10.1. The van der Waals surface area contributed by atoms with E-state index in [1.165, 1.54) is 16.0 Å². The second-order valence-electron chi connectivity index (χ2n) is 6.80. The lowest BCUT2D eigenvalue weighted by Crippen LogP contribution is -2.37. The number of guanidine groups is 1. The van der Waals surface area contributed by atoms with Crippen LogP contribution >= 0.6 is 35.7 Å². The predicted molar refractivity (Wildman–Crippen MR) is 136 cm³/mol. The van der Waals surface area contributed by atoms with Crippen LogP contribution in [0.15, 0.2) is 51.1 Å². The van der Waals surface area contributed by atoms with Gasteiger partial charge in [-0.25, -0.2) is 4.99 Å². The summed E-state index contributed by atoms with van der Waals surface area (Å²) < 4.78 is 1.83. The maximum Gasteiger partial charge on any atom is 0.250 e. The first-order valence-electron chi connectivity index (χ1n) is 9.87. The minimum atomic E-state index is 0. The van der Waals surface area contributed by atoms with Crippen LogP contribution in [-0.2, 0) is 13.1 Å². The van der Waals surface area contributed by atoms with E-state index < -0.39 is 0 Å². The molecule has 1 aromatic heterocycles. The van der Waals surface area contributed by atoms with Crippen LogP contribution in [0.3, 0.4) is 0 Å². The summed E-state index contributed by atoms with van der Waals surface area (Å²) in [6.07, 6.45) is 4.03. The van der Waals surface area contributed by atoms with Crippen LogP contribution in [0.4, 0.5) is 0 Å². The van der Waals surface area contributed by atoms with Gasteiger partial charge in [-0.05, 0) is 63.1 Å². The Hall–Kier alpha value is -1.48. The zero-order valence-corrected chi connectivity index (χ0v) is 21.0. The largest absolute Gasteiger partial charge is 0.357 e. The van der Waals surface area contributed by atoms with Gasteiger partial charge in [-0.15, -0.1) is 35.7 Å². The van der Waals surface area contributed by atoms with Crippen LogP contribution in [0, 0.1) is 13.8 Å². The molecule has 2 aromatic rings. The molecule has 0 spiro atoms. The van der Waals surface area contributed by atoms with E-state index in [-0.39, 0.29) is 29.5 Å². The monoisotopic (exact) mass is 528 g/mol. The summed E-state index contributed by atoms with van der Waals surface area (Å²) >= 11 is 1.76. The lowest BCUT2D eigenvalue weighted by Gasteiger charge is -2.13. The minimum absolute atomic E-state index is 0. The van der Waals surface area contributed by atoms with E-state index in [1.54, 1.807) is 17.8 Å². The Morgan fingerprint density at radius 2 is 1.93 bits per heavy atom. The fourth-order valence-electron chi connectivity index (χ4n) is 3.00. The molecule has 0 aliphatic rings. The molecule has 0 fully saturated rings. The molecule has 5 nitrogen and oxygen atoms in total. The molecule has 160 valence electrons. The van der Waals surface area contributed by atoms with Crippen molar-refractivity contribution in [1.82, 2.24) is 15.2 Å². The maximum atomic E-state index is 11.9. The summed E-state index contributed by atoms with van der Waals surface area (Å²) in [7, 11) is 0. The first kappa shape index (κ1) is 25.6. The second kappa shape index (κ2) is 13.7. The molecular formula is C22H33IN4OS. The fourth-order valence-corrected chi connectivity index (χ4v) is 3.70. The van der Waals surface area contributed by atoms with Crippen LogP contribution in [0.25, 0.3) is 0 Å². The number of nitrogens with one attached hydrogen (secondary N) is 2. The number of aromatic nitrogens is 1. The highest BCUT2D eigenvalue weighted by atomic mass is 127. The zero-order chi connectivity index (χ0) is 20.4. The molecule has 2 N–H and O–H groups in total. The summed E-state index contributed by atoms with van der Waals surface area (Å²) in [4.78, 5) is 17.9. The average Bonchev–Trinajstić information content (AvgIpc) is 2.68. The molecule has 0 radical (unpaired) electrons. The van der Waals surface area contributed by atoms with Crippen LogP contribution < -0.4 is 16.2 Å². The van der Waals surface area contributed by atoms with Crippen molar-refractivity contribution in [3.63, 3.8) is 0 Å². The molecule has 0 bridgehead atoms. The predicted octanol–water partition coefficient (Wildman–Crippen LogP) is 4.34. The van der Waals surface area contributed by atoms with Crippen molar-refractivity contribution >= 4 is 41.7 Å². The Bertz CT molecular complexity index is 851. The number of hydrogen-bond donors (Lipinski definition) is 2. The highest BCUT2D eigenvalue weighted by Crippen LogP contribution is 2.22. The first-order valence-corrected chi connectivity index (χ1v) is 11.1. The summed E-state index contributed by atoms with van der Waals surface area (Å²) in [5.74, 6) is 0.836. The molecular weight excluding hydrogens is 495 g/mol. The van der Waals surface area contributed by atoms with Crippen LogP contribution in [0.1, 0.15) is 36.6 Å². The van der Waals surface area contributed by atoms with Gasteiger partial charge >= 0.3 is 0 Å². The van der Waals surface area contributed by atoms with Gasteiger partial charge in [0.2, 0.25) is 0 Å². The van der Waals surface area contributed by atoms with Gasteiger partial charge in [0, 0.05) is 36.3 Å². The average molecular weight is 529 g/mol. The van der Waals surface area contributed by atoms with Gasteiger partial charge in [-0.3, -0.25) is 4.79 Å². The summed E-state index contributed by atoms with van der Waals surface area (Å²) in [6.45, 7) is 9.23. The van der Waals surface area contributed by atoms with Crippen molar-refractivity contribution in [3.05, 3.63) is 63.6 Å². The van der Waals surface area contributed by atoms with Crippen LogP contribution in [-0.4, -0.2) is 29.9 Å². The van der Waals surface area contributed by atoms with E-state index in [1.807, 2.05) is 23.6 Å². The minimum Gasteiger partial charge on any atom is -0.357 e. The van der Waals surface area contributed by atoms with Gasteiger partial charge in [-0.1, -0.05) is 18.2 Å². The van der Waals surface area contributed by atoms with E-state index in [9.17, 15) is 4.79 Å². The van der Waals surface area contributed by atoms with Gasteiger partial charge in [-0.2, -0.15) is 0 Å². The summed E-state index contributed by atoms with van der Waals surface area (Å²) in [6, 6.07) is 11.9. The second-order valence-corrected chi connectivity index (χ2v) is 7.65. The van der Waals surface area contributed by atoms with E-state index >= 15 is 0 Å². The van der Waals surface area contributed by atoms with Crippen molar-refractivity contribution in [2.75, 3.05) is 19.3 Å². The topological polar surface area (TPSA) is 58.4 Å². The Morgan fingerprint density at radius 1 is 1.14 bits per heavy atom. The normalized spacial score (nSPS) is 11.1. The number of thioether (sulfide) groups is 1. The Kier molecular flexibility index (Phi) is 12.1. The molecule has 0 amide bonds. The van der Waals surface area contributed by atoms with Crippen molar-refractivity contribution in [3.8, 4) is 0 Å². The molecule has 0 saturated heterocycles. The van der Waals surface area contributed by atoms with E-state index in [4.69, 9.17) is 4.99 Å². The smallest absolute Gasteiger partial charge is 0.250 e.